The highest BCUT2D eigenvalue weighted by Crippen LogP contribution is 2.39. The van der Waals surface area contributed by atoms with Gasteiger partial charge in [0.1, 0.15) is 11.9 Å². The van der Waals surface area contributed by atoms with Gasteiger partial charge < -0.3 is 9.73 Å². The van der Waals surface area contributed by atoms with Gasteiger partial charge in [0, 0.05) is 18.5 Å². The van der Waals surface area contributed by atoms with E-state index >= 15 is 0 Å². The number of piperidine rings is 1. The minimum atomic E-state index is -0.648. The molecule has 2 aliphatic heterocycles. The highest BCUT2D eigenvalue weighted by molar-refractivity contribution is 5.03. The van der Waals surface area contributed by atoms with Gasteiger partial charge in [-0.2, -0.15) is 0 Å². The molecule has 3 nitrogen and oxygen atoms in total. The number of likely N-dealkylation sites (tertiary alicyclic amines) is 1. The second-order valence-corrected chi connectivity index (χ2v) is 5.34. The molecule has 0 bridgehead atoms. The van der Waals surface area contributed by atoms with Gasteiger partial charge in [0.05, 0.1) is 12.8 Å². The molecule has 0 amide bonds. The van der Waals surface area contributed by atoms with Crippen LogP contribution in [0.25, 0.3) is 0 Å². The van der Waals surface area contributed by atoms with Crippen molar-refractivity contribution in [3.05, 3.63) is 24.2 Å². The van der Waals surface area contributed by atoms with Crippen LogP contribution in [-0.2, 0) is 6.54 Å². The summed E-state index contributed by atoms with van der Waals surface area (Å²) in [5.41, 5.74) is -0.148. The van der Waals surface area contributed by atoms with E-state index in [1.807, 2.05) is 12.1 Å². The highest BCUT2D eigenvalue weighted by atomic mass is 19.1. The number of hydrogen-bond acceptors (Lipinski definition) is 3. The van der Waals surface area contributed by atoms with Gasteiger partial charge in [-0.1, -0.05) is 0 Å². The SMILES string of the molecule is F[C@H]1CCNC[C@@]12CCN(Cc1ccco1)C2. The smallest absolute Gasteiger partial charge is 0.117 e. The lowest BCUT2D eigenvalue weighted by Crippen LogP contribution is -2.49. The second-order valence-electron chi connectivity index (χ2n) is 5.34. The Kier molecular flexibility index (Phi) is 2.92. The Morgan fingerprint density at radius 2 is 2.53 bits per heavy atom. The lowest BCUT2D eigenvalue weighted by molar-refractivity contribution is 0.0740. The minimum absolute atomic E-state index is 0.148. The number of alkyl halides is 1. The normalized spacial score (nSPS) is 34.5. The summed E-state index contributed by atoms with van der Waals surface area (Å²) in [5.74, 6) is 0.973. The summed E-state index contributed by atoms with van der Waals surface area (Å²) in [7, 11) is 0. The van der Waals surface area contributed by atoms with Crippen molar-refractivity contribution in [2.45, 2.75) is 25.6 Å². The molecule has 1 spiro atoms. The predicted molar refractivity (Wildman–Crippen MR) is 63.4 cm³/mol. The van der Waals surface area contributed by atoms with E-state index in [1.165, 1.54) is 0 Å². The van der Waals surface area contributed by atoms with Crippen molar-refractivity contribution < 1.29 is 8.81 Å². The lowest BCUT2D eigenvalue weighted by atomic mass is 9.78. The van der Waals surface area contributed by atoms with Crippen LogP contribution in [0.2, 0.25) is 0 Å². The number of hydrogen-bond donors (Lipinski definition) is 1. The van der Waals surface area contributed by atoms with Crippen LogP contribution in [0.3, 0.4) is 0 Å². The van der Waals surface area contributed by atoms with Crippen LogP contribution in [0.5, 0.6) is 0 Å². The minimum Gasteiger partial charge on any atom is -0.468 e. The number of halogens is 1. The molecule has 1 aromatic rings. The summed E-state index contributed by atoms with van der Waals surface area (Å²) in [6, 6.07) is 3.89. The van der Waals surface area contributed by atoms with E-state index in [-0.39, 0.29) is 5.41 Å². The third-order valence-electron chi connectivity index (χ3n) is 4.14. The molecule has 1 N–H and O–H groups in total. The summed E-state index contributed by atoms with van der Waals surface area (Å²) < 4.78 is 19.5. The Bertz CT molecular complexity index is 368. The molecule has 2 fully saturated rings. The van der Waals surface area contributed by atoms with Crippen molar-refractivity contribution in [2.75, 3.05) is 26.2 Å². The Balaban J connectivity index is 1.64. The van der Waals surface area contributed by atoms with Crippen molar-refractivity contribution in [2.24, 2.45) is 5.41 Å². The van der Waals surface area contributed by atoms with E-state index in [4.69, 9.17) is 4.42 Å². The molecule has 2 saturated heterocycles. The zero-order valence-corrected chi connectivity index (χ0v) is 9.99. The van der Waals surface area contributed by atoms with Gasteiger partial charge in [-0.15, -0.1) is 0 Å². The predicted octanol–water partition coefficient (Wildman–Crippen LogP) is 1.80. The first-order chi connectivity index (χ1) is 8.28. The zero-order chi connectivity index (χ0) is 11.7. The summed E-state index contributed by atoms with van der Waals surface area (Å²) in [4.78, 5) is 2.30. The average Bonchev–Trinajstić information content (AvgIpc) is 2.95. The Morgan fingerprint density at radius 3 is 3.29 bits per heavy atom. The third kappa shape index (κ3) is 2.11. The quantitative estimate of drug-likeness (QED) is 0.851. The molecule has 2 atom stereocenters. The fourth-order valence-electron chi connectivity index (χ4n) is 3.13. The molecule has 0 radical (unpaired) electrons. The topological polar surface area (TPSA) is 28.4 Å². The maximum Gasteiger partial charge on any atom is 0.117 e. The van der Waals surface area contributed by atoms with E-state index in [2.05, 4.69) is 10.2 Å². The molecule has 3 rings (SSSR count). The largest absolute Gasteiger partial charge is 0.468 e. The first kappa shape index (κ1) is 11.2. The van der Waals surface area contributed by atoms with Gasteiger partial charge in [0.25, 0.3) is 0 Å². The fourth-order valence-corrected chi connectivity index (χ4v) is 3.13. The van der Waals surface area contributed by atoms with Crippen molar-refractivity contribution >= 4 is 0 Å². The first-order valence-corrected chi connectivity index (χ1v) is 6.38. The molecule has 94 valence electrons. The van der Waals surface area contributed by atoms with E-state index in [9.17, 15) is 4.39 Å². The van der Waals surface area contributed by atoms with Crippen LogP contribution in [-0.4, -0.2) is 37.3 Å². The van der Waals surface area contributed by atoms with E-state index in [0.717, 1.165) is 44.9 Å². The lowest BCUT2D eigenvalue weighted by Gasteiger charge is -2.37. The maximum atomic E-state index is 14.1. The van der Waals surface area contributed by atoms with Crippen LogP contribution in [0, 0.1) is 5.41 Å². The van der Waals surface area contributed by atoms with Crippen LogP contribution >= 0.6 is 0 Å². The van der Waals surface area contributed by atoms with Crippen molar-refractivity contribution in [3.8, 4) is 0 Å². The third-order valence-corrected chi connectivity index (χ3v) is 4.14. The second kappa shape index (κ2) is 4.42. The first-order valence-electron chi connectivity index (χ1n) is 6.38. The average molecular weight is 238 g/mol. The Hall–Kier alpha value is -0.870. The van der Waals surface area contributed by atoms with Crippen LogP contribution in [0.15, 0.2) is 22.8 Å². The van der Waals surface area contributed by atoms with Gasteiger partial charge in [-0.25, -0.2) is 4.39 Å². The van der Waals surface area contributed by atoms with Gasteiger partial charge in [0.15, 0.2) is 0 Å². The van der Waals surface area contributed by atoms with Gasteiger partial charge >= 0.3 is 0 Å². The van der Waals surface area contributed by atoms with Crippen molar-refractivity contribution in [1.82, 2.24) is 10.2 Å². The number of nitrogens with one attached hydrogen (secondary N) is 1. The van der Waals surface area contributed by atoms with E-state index in [0.29, 0.717) is 6.42 Å². The van der Waals surface area contributed by atoms with Crippen molar-refractivity contribution in [3.63, 3.8) is 0 Å². The molecule has 0 aromatic carbocycles. The molecule has 0 saturated carbocycles. The van der Waals surface area contributed by atoms with Crippen molar-refractivity contribution in [1.29, 1.82) is 0 Å². The molecule has 1 aromatic heterocycles. The molecule has 0 unspecified atom stereocenters. The zero-order valence-electron chi connectivity index (χ0n) is 9.99. The summed E-state index contributed by atoms with van der Waals surface area (Å²) in [6.07, 6.45) is 2.67. The number of nitrogens with zero attached hydrogens (tertiary/aromatic N) is 1. The molecule has 17 heavy (non-hydrogen) atoms. The number of rotatable bonds is 2. The molecular formula is C13H19FN2O. The monoisotopic (exact) mass is 238 g/mol. The van der Waals surface area contributed by atoms with Gasteiger partial charge in [-0.3, -0.25) is 4.90 Å². The Labute approximate surface area is 101 Å². The molecular weight excluding hydrogens is 219 g/mol. The van der Waals surface area contributed by atoms with E-state index < -0.39 is 6.17 Å². The fraction of sp³-hybridized carbons (Fsp3) is 0.692. The standard InChI is InChI=1S/C13H19FN2O/c14-12-3-5-15-9-13(12)4-6-16(10-13)8-11-2-1-7-17-11/h1-2,7,12,15H,3-6,8-10H2/t12-,13+/m0/s1. The Morgan fingerprint density at radius 1 is 1.59 bits per heavy atom. The number of furan rings is 1. The van der Waals surface area contributed by atoms with Crippen LogP contribution in [0.1, 0.15) is 18.6 Å². The highest BCUT2D eigenvalue weighted by Gasteiger charge is 2.46. The molecule has 2 aliphatic rings. The molecule has 3 heterocycles. The van der Waals surface area contributed by atoms with Gasteiger partial charge in [-0.05, 0) is 38.1 Å². The summed E-state index contributed by atoms with van der Waals surface area (Å²) in [6.45, 7) is 4.27. The molecule has 0 aliphatic carbocycles. The molecule has 4 heteroatoms. The summed E-state index contributed by atoms with van der Waals surface area (Å²) in [5, 5.41) is 3.34. The van der Waals surface area contributed by atoms with E-state index in [1.54, 1.807) is 6.26 Å². The van der Waals surface area contributed by atoms with Gasteiger partial charge in [0.2, 0.25) is 0 Å². The van der Waals surface area contributed by atoms with Crippen LogP contribution < -0.4 is 5.32 Å². The van der Waals surface area contributed by atoms with Crippen LogP contribution in [0.4, 0.5) is 4.39 Å². The maximum absolute atomic E-state index is 14.1. The summed E-state index contributed by atoms with van der Waals surface area (Å²) >= 11 is 0.